The molecule has 0 radical (unpaired) electrons. The maximum atomic E-state index is 11.1. The van der Waals surface area contributed by atoms with Crippen LogP contribution in [-0.2, 0) is 16.4 Å². The van der Waals surface area contributed by atoms with E-state index in [-0.39, 0.29) is 0 Å². The van der Waals surface area contributed by atoms with Gasteiger partial charge in [-0.1, -0.05) is 6.92 Å². The summed E-state index contributed by atoms with van der Waals surface area (Å²) < 4.78 is 30.3. The quantitative estimate of drug-likeness (QED) is 0.709. The van der Waals surface area contributed by atoms with Gasteiger partial charge in [0, 0.05) is 17.4 Å². The molecule has 0 unspecified atom stereocenters. The van der Waals surface area contributed by atoms with Crippen molar-refractivity contribution in [3.05, 3.63) is 41.9 Å². The number of nitrogens with zero attached hydrogens (tertiary/aromatic N) is 2. The number of nitrogens with one attached hydrogen (secondary N) is 2. The summed E-state index contributed by atoms with van der Waals surface area (Å²) in [5, 5.41) is 3.21. The van der Waals surface area contributed by atoms with E-state index in [1.807, 2.05) is 13.0 Å². The lowest BCUT2D eigenvalue weighted by molar-refractivity contribution is 0.333. The second kappa shape index (κ2) is 7.96. The highest BCUT2D eigenvalue weighted by molar-refractivity contribution is 7.92. The van der Waals surface area contributed by atoms with Gasteiger partial charge in [-0.2, -0.15) is 0 Å². The van der Waals surface area contributed by atoms with Gasteiger partial charge in [-0.15, -0.1) is 0 Å². The third-order valence-corrected chi connectivity index (χ3v) is 3.69. The van der Waals surface area contributed by atoms with Crippen molar-refractivity contribution in [1.29, 1.82) is 0 Å². The van der Waals surface area contributed by atoms with E-state index >= 15 is 0 Å². The first kappa shape index (κ1) is 18.0. The highest BCUT2D eigenvalue weighted by atomic mass is 32.2. The third kappa shape index (κ3) is 6.04. The number of ether oxygens (including phenoxy) is 1. The average Bonchev–Trinajstić information content (AvgIpc) is 2.51. The molecule has 0 aliphatic heterocycles. The van der Waals surface area contributed by atoms with E-state index in [1.54, 1.807) is 24.3 Å². The van der Waals surface area contributed by atoms with Crippen LogP contribution in [0.1, 0.15) is 18.4 Å². The van der Waals surface area contributed by atoms with Crippen LogP contribution in [0, 0.1) is 6.92 Å². The molecule has 0 spiro atoms. The van der Waals surface area contributed by atoms with Gasteiger partial charge in [0.1, 0.15) is 24.0 Å². The maximum absolute atomic E-state index is 11.1. The Morgan fingerprint density at radius 2 is 1.88 bits per heavy atom. The van der Waals surface area contributed by atoms with Gasteiger partial charge < -0.3 is 10.1 Å². The minimum absolute atomic E-state index is 0.462. The van der Waals surface area contributed by atoms with Crippen LogP contribution in [0.25, 0.3) is 0 Å². The van der Waals surface area contributed by atoms with E-state index in [0.717, 1.165) is 30.0 Å². The second-order valence-corrected chi connectivity index (χ2v) is 7.07. The van der Waals surface area contributed by atoms with E-state index in [0.29, 0.717) is 24.6 Å². The largest absolute Gasteiger partial charge is 0.492 e. The van der Waals surface area contributed by atoms with Crippen molar-refractivity contribution in [2.45, 2.75) is 20.3 Å². The lowest BCUT2D eigenvalue weighted by Crippen LogP contribution is -2.13. The number of aryl methyl sites for hydroxylation is 2. The van der Waals surface area contributed by atoms with Gasteiger partial charge in [-0.3, -0.25) is 4.72 Å². The fourth-order valence-corrected chi connectivity index (χ4v) is 2.65. The van der Waals surface area contributed by atoms with Crippen molar-refractivity contribution in [3.8, 4) is 5.75 Å². The van der Waals surface area contributed by atoms with Gasteiger partial charge in [0.25, 0.3) is 0 Å². The molecular weight excluding hydrogens is 328 g/mol. The summed E-state index contributed by atoms with van der Waals surface area (Å²) in [6.07, 6.45) is 1.98. The number of sulfonamides is 1. The Bertz CT molecular complexity index is 776. The lowest BCUT2D eigenvalue weighted by Gasteiger charge is -2.10. The molecule has 0 aliphatic rings. The molecule has 0 saturated heterocycles. The molecule has 0 aliphatic carbocycles. The molecule has 130 valence electrons. The molecule has 1 aromatic carbocycles. The molecule has 0 fully saturated rings. The van der Waals surface area contributed by atoms with Gasteiger partial charge in [0.15, 0.2) is 0 Å². The average molecular weight is 350 g/mol. The zero-order valence-corrected chi connectivity index (χ0v) is 14.9. The van der Waals surface area contributed by atoms with E-state index in [9.17, 15) is 8.42 Å². The van der Waals surface area contributed by atoms with Gasteiger partial charge in [0.2, 0.25) is 10.0 Å². The van der Waals surface area contributed by atoms with Crippen molar-refractivity contribution in [1.82, 2.24) is 9.97 Å². The van der Waals surface area contributed by atoms with Gasteiger partial charge in [0.05, 0.1) is 12.8 Å². The Morgan fingerprint density at radius 1 is 1.17 bits per heavy atom. The molecule has 0 bridgehead atoms. The Morgan fingerprint density at radius 3 is 2.50 bits per heavy atom. The van der Waals surface area contributed by atoms with Crippen molar-refractivity contribution in [3.63, 3.8) is 0 Å². The monoisotopic (exact) mass is 350 g/mol. The Balaban J connectivity index is 1.81. The van der Waals surface area contributed by atoms with Gasteiger partial charge in [-0.25, -0.2) is 18.4 Å². The van der Waals surface area contributed by atoms with E-state index < -0.39 is 10.0 Å². The first-order valence-electron chi connectivity index (χ1n) is 7.65. The zero-order chi connectivity index (χ0) is 17.6. The SMILES string of the molecule is CCc1cc(NCCOc2ccc(NS(C)(=O)=O)cc2)nc(C)n1. The predicted molar refractivity (Wildman–Crippen MR) is 95.0 cm³/mol. The Labute approximate surface area is 142 Å². The van der Waals surface area contributed by atoms with Crippen molar-refractivity contribution >= 4 is 21.5 Å². The molecular formula is C16H22N4O3S. The van der Waals surface area contributed by atoms with Crippen molar-refractivity contribution < 1.29 is 13.2 Å². The van der Waals surface area contributed by atoms with Crippen LogP contribution in [0.3, 0.4) is 0 Å². The molecule has 0 saturated carbocycles. The summed E-state index contributed by atoms with van der Waals surface area (Å²) in [7, 11) is -3.26. The number of benzene rings is 1. The summed E-state index contributed by atoms with van der Waals surface area (Å²) >= 11 is 0. The Hall–Kier alpha value is -2.35. The highest BCUT2D eigenvalue weighted by Crippen LogP contribution is 2.16. The van der Waals surface area contributed by atoms with E-state index in [1.165, 1.54) is 0 Å². The topological polar surface area (TPSA) is 93.2 Å². The standard InChI is InChI=1S/C16H22N4O3S/c1-4-13-11-16(19-12(2)18-13)17-9-10-23-15-7-5-14(6-8-15)20-24(3,21)22/h5-8,11,20H,4,9-10H2,1-3H3,(H,17,18,19). The molecule has 2 N–H and O–H groups in total. The van der Waals surface area contributed by atoms with Crippen LogP contribution in [0.5, 0.6) is 5.75 Å². The van der Waals surface area contributed by atoms with Crippen molar-refractivity contribution in [2.24, 2.45) is 0 Å². The number of anilines is 2. The highest BCUT2D eigenvalue weighted by Gasteiger charge is 2.03. The normalized spacial score (nSPS) is 11.1. The van der Waals surface area contributed by atoms with Crippen LogP contribution < -0.4 is 14.8 Å². The van der Waals surface area contributed by atoms with Crippen LogP contribution in [-0.4, -0.2) is 37.8 Å². The molecule has 1 aromatic heterocycles. The summed E-state index contributed by atoms with van der Waals surface area (Å²) in [5.41, 5.74) is 1.51. The summed E-state index contributed by atoms with van der Waals surface area (Å²) in [5.74, 6) is 2.20. The third-order valence-electron chi connectivity index (χ3n) is 3.09. The number of aromatic nitrogens is 2. The van der Waals surface area contributed by atoms with E-state index in [4.69, 9.17) is 4.74 Å². The first-order chi connectivity index (χ1) is 11.4. The summed E-state index contributed by atoms with van der Waals surface area (Å²) in [6, 6.07) is 8.68. The molecule has 7 nitrogen and oxygen atoms in total. The van der Waals surface area contributed by atoms with Crippen LogP contribution in [0.4, 0.5) is 11.5 Å². The fraction of sp³-hybridized carbons (Fsp3) is 0.375. The smallest absolute Gasteiger partial charge is 0.229 e. The van der Waals surface area contributed by atoms with Crippen molar-refractivity contribution in [2.75, 3.05) is 29.4 Å². The van der Waals surface area contributed by atoms with E-state index in [2.05, 4.69) is 26.9 Å². The van der Waals surface area contributed by atoms with Crippen LogP contribution in [0.15, 0.2) is 30.3 Å². The van der Waals surface area contributed by atoms with Gasteiger partial charge in [-0.05, 0) is 37.6 Å². The second-order valence-electron chi connectivity index (χ2n) is 5.32. The minimum atomic E-state index is -3.26. The molecule has 2 rings (SSSR count). The predicted octanol–water partition coefficient (Wildman–Crippen LogP) is 2.21. The zero-order valence-electron chi connectivity index (χ0n) is 14.0. The minimum Gasteiger partial charge on any atom is -0.492 e. The molecule has 8 heteroatoms. The number of rotatable bonds is 8. The lowest BCUT2D eigenvalue weighted by atomic mass is 10.3. The fourth-order valence-electron chi connectivity index (χ4n) is 2.08. The van der Waals surface area contributed by atoms with Gasteiger partial charge >= 0.3 is 0 Å². The number of hydrogen-bond donors (Lipinski definition) is 2. The summed E-state index contributed by atoms with van der Waals surface area (Å²) in [6.45, 7) is 4.98. The molecule has 1 heterocycles. The first-order valence-corrected chi connectivity index (χ1v) is 9.54. The molecule has 0 atom stereocenters. The number of hydrogen-bond acceptors (Lipinski definition) is 6. The summed E-state index contributed by atoms with van der Waals surface area (Å²) in [4.78, 5) is 8.66. The Kier molecular flexibility index (Phi) is 5.97. The molecule has 2 aromatic rings. The van der Waals surface area contributed by atoms with Crippen LogP contribution in [0.2, 0.25) is 0 Å². The van der Waals surface area contributed by atoms with Crippen LogP contribution >= 0.6 is 0 Å². The molecule has 0 amide bonds. The maximum Gasteiger partial charge on any atom is 0.229 e. The molecule has 24 heavy (non-hydrogen) atoms.